The standard InChI is InChI=1S/C20H29FN2OS/c21-18-9-7-16(8-10-18)14-23-12-3-4-17(15-23)20(24)22-11-13-25-19-5-1-2-6-19/h7-10,17,19H,1-6,11-15H2,(H,22,24). The second-order valence-corrected chi connectivity index (χ2v) is 8.68. The zero-order valence-electron chi connectivity index (χ0n) is 14.9. The molecule has 2 fully saturated rings. The van der Waals surface area contributed by atoms with Gasteiger partial charge in [-0.3, -0.25) is 9.69 Å². The normalized spacial score (nSPS) is 22.2. The van der Waals surface area contributed by atoms with Crippen LogP contribution in [0.2, 0.25) is 0 Å². The highest BCUT2D eigenvalue weighted by atomic mass is 32.2. The van der Waals surface area contributed by atoms with Crippen LogP contribution in [0.1, 0.15) is 44.1 Å². The number of thioether (sulfide) groups is 1. The summed E-state index contributed by atoms with van der Waals surface area (Å²) in [5.41, 5.74) is 1.11. The van der Waals surface area contributed by atoms with Crippen molar-refractivity contribution in [2.45, 2.75) is 50.3 Å². The van der Waals surface area contributed by atoms with E-state index in [0.29, 0.717) is 0 Å². The summed E-state index contributed by atoms with van der Waals surface area (Å²) >= 11 is 2.02. The molecule has 3 nitrogen and oxygen atoms in total. The van der Waals surface area contributed by atoms with E-state index in [2.05, 4.69) is 10.2 Å². The maximum absolute atomic E-state index is 13.0. The molecule has 1 atom stereocenters. The Kier molecular flexibility index (Phi) is 7.17. The lowest BCUT2D eigenvalue weighted by Gasteiger charge is -2.32. The summed E-state index contributed by atoms with van der Waals surface area (Å²) in [5, 5.41) is 3.95. The monoisotopic (exact) mass is 364 g/mol. The van der Waals surface area contributed by atoms with E-state index in [1.54, 1.807) is 0 Å². The average molecular weight is 365 g/mol. The molecule has 1 aliphatic carbocycles. The molecule has 1 aromatic carbocycles. The third kappa shape index (κ3) is 6.00. The Morgan fingerprint density at radius 2 is 1.92 bits per heavy atom. The van der Waals surface area contributed by atoms with Crippen molar-refractivity contribution in [1.82, 2.24) is 10.2 Å². The fourth-order valence-corrected chi connectivity index (χ4v) is 5.08. The van der Waals surface area contributed by atoms with Gasteiger partial charge in [-0.25, -0.2) is 4.39 Å². The zero-order chi connectivity index (χ0) is 17.5. The Bertz CT molecular complexity index is 545. The second-order valence-electron chi connectivity index (χ2n) is 7.27. The number of hydrogen-bond acceptors (Lipinski definition) is 3. The van der Waals surface area contributed by atoms with E-state index in [1.165, 1.54) is 37.8 Å². The number of benzene rings is 1. The summed E-state index contributed by atoms with van der Waals surface area (Å²) in [6.45, 7) is 3.40. The van der Waals surface area contributed by atoms with Gasteiger partial charge >= 0.3 is 0 Å². The van der Waals surface area contributed by atoms with Gasteiger partial charge in [0.25, 0.3) is 0 Å². The van der Waals surface area contributed by atoms with Crippen molar-refractivity contribution in [3.8, 4) is 0 Å². The molecule has 0 spiro atoms. The fraction of sp³-hybridized carbons (Fsp3) is 0.650. The molecule has 0 bridgehead atoms. The number of likely N-dealkylation sites (tertiary alicyclic amines) is 1. The molecule has 0 aromatic heterocycles. The Labute approximate surface area is 154 Å². The number of rotatable bonds is 7. The van der Waals surface area contributed by atoms with Crippen LogP contribution in [0.3, 0.4) is 0 Å². The predicted octanol–water partition coefficient (Wildman–Crippen LogP) is 3.83. The van der Waals surface area contributed by atoms with E-state index in [0.717, 1.165) is 55.6 Å². The lowest BCUT2D eigenvalue weighted by atomic mass is 9.96. The molecular weight excluding hydrogens is 335 g/mol. The Balaban J connectivity index is 1.37. The van der Waals surface area contributed by atoms with Gasteiger partial charge < -0.3 is 5.32 Å². The number of carbonyl (C=O) groups excluding carboxylic acids is 1. The van der Waals surface area contributed by atoms with Gasteiger partial charge in [-0.15, -0.1) is 0 Å². The number of carbonyl (C=O) groups is 1. The van der Waals surface area contributed by atoms with E-state index in [9.17, 15) is 9.18 Å². The first-order valence-electron chi connectivity index (χ1n) is 9.57. The van der Waals surface area contributed by atoms with Crippen LogP contribution in [-0.2, 0) is 11.3 Å². The van der Waals surface area contributed by atoms with Crippen LogP contribution < -0.4 is 5.32 Å². The topological polar surface area (TPSA) is 32.3 Å². The van der Waals surface area contributed by atoms with E-state index in [4.69, 9.17) is 0 Å². The van der Waals surface area contributed by atoms with E-state index in [-0.39, 0.29) is 17.6 Å². The minimum Gasteiger partial charge on any atom is -0.355 e. The summed E-state index contributed by atoms with van der Waals surface area (Å²) in [6, 6.07) is 6.68. The van der Waals surface area contributed by atoms with Crippen molar-refractivity contribution in [2.75, 3.05) is 25.4 Å². The lowest BCUT2D eigenvalue weighted by Crippen LogP contribution is -2.43. The molecule has 1 aliphatic heterocycles. The van der Waals surface area contributed by atoms with Crippen LogP contribution in [0.25, 0.3) is 0 Å². The van der Waals surface area contributed by atoms with Gasteiger partial charge in [0.15, 0.2) is 0 Å². The molecule has 2 aliphatic rings. The molecule has 1 heterocycles. The first-order valence-corrected chi connectivity index (χ1v) is 10.6. The van der Waals surface area contributed by atoms with Crippen molar-refractivity contribution >= 4 is 17.7 Å². The predicted molar refractivity (Wildman–Crippen MR) is 102 cm³/mol. The minimum absolute atomic E-state index is 0.0886. The highest BCUT2D eigenvalue weighted by Crippen LogP contribution is 2.29. The quantitative estimate of drug-likeness (QED) is 0.746. The van der Waals surface area contributed by atoms with Gasteiger partial charge in [-0.2, -0.15) is 11.8 Å². The van der Waals surface area contributed by atoms with Gasteiger partial charge in [-0.1, -0.05) is 25.0 Å². The van der Waals surface area contributed by atoms with Crippen LogP contribution in [0.5, 0.6) is 0 Å². The summed E-state index contributed by atoms with van der Waals surface area (Å²) in [7, 11) is 0. The molecular formula is C20H29FN2OS. The minimum atomic E-state index is -0.199. The third-order valence-electron chi connectivity index (χ3n) is 5.25. The number of amides is 1. The van der Waals surface area contributed by atoms with E-state index >= 15 is 0 Å². The largest absolute Gasteiger partial charge is 0.355 e. The lowest BCUT2D eigenvalue weighted by molar-refractivity contribution is -0.126. The van der Waals surface area contributed by atoms with Crippen molar-refractivity contribution < 1.29 is 9.18 Å². The maximum atomic E-state index is 13.0. The first kappa shape index (κ1) is 18.7. The third-order valence-corrected chi connectivity index (χ3v) is 6.64. The number of nitrogens with one attached hydrogen (secondary N) is 1. The first-order chi connectivity index (χ1) is 12.2. The second kappa shape index (κ2) is 9.58. The number of nitrogens with zero attached hydrogens (tertiary/aromatic N) is 1. The summed E-state index contributed by atoms with van der Waals surface area (Å²) in [5.74, 6) is 1.12. The molecule has 1 N–H and O–H groups in total. The van der Waals surface area contributed by atoms with Crippen molar-refractivity contribution in [2.24, 2.45) is 5.92 Å². The maximum Gasteiger partial charge on any atom is 0.224 e. The molecule has 1 saturated carbocycles. The molecule has 3 rings (SSSR count). The van der Waals surface area contributed by atoms with Crippen molar-refractivity contribution in [1.29, 1.82) is 0 Å². The number of piperidine rings is 1. The molecule has 1 aromatic rings. The zero-order valence-corrected chi connectivity index (χ0v) is 15.7. The Morgan fingerprint density at radius 1 is 1.16 bits per heavy atom. The highest BCUT2D eigenvalue weighted by Gasteiger charge is 2.25. The Hall–Kier alpha value is -1.07. The molecule has 5 heteroatoms. The van der Waals surface area contributed by atoms with Gasteiger partial charge in [0.1, 0.15) is 5.82 Å². The smallest absolute Gasteiger partial charge is 0.224 e. The van der Waals surface area contributed by atoms with Gasteiger partial charge in [-0.05, 0) is 49.9 Å². The number of hydrogen-bond donors (Lipinski definition) is 1. The highest BCUT2D eigenvalue weighted by molar-refractivity contribution is 7.99. The van der Waals surface area contributed by atoms with Gasteiger partial charge in [0.2, 0.25) is 5.91 Å². The van der Waals surface area contributed by atoms with Crippen LogP contribution in [-0.4, -0.2) is 41.4 Å². The van der Waals surface area contributed by atoms with Crippen molar-refractivity contribution in [3.63, 3.8) is 0 Å². The van der Waals surface area contributed by atoms with Crippen LogP contribution in [0, 0.1) is 11.7 Å². The molecule has 0 radical (unpaired) electrons. The fourth-order valence-electron chi connectivity index (χ4n) is 3.86. The summed E-state index contributed by atoms with van der Waals surface area (Å²) in [6.07, 6.45) is 7.46. The van der Waals surface area contributed by atoms with Crippen LogP contribution >= 0.6 is 11.8 Å². The molecule has 25 heavy (non-hydrogen) atoms. The van der Waals surface area contributed by atoms with Crippen LogP contribution in [0.15, 0.2) is 24.3 Å². The van der Waals surface area contributed by atoms with Gasteiger partial charge in [0, 0.05) is 30.6 Å². The molecule has 138 valence electrons. The summed E-state index contributed by atoms with van der Waals surface area (Å²) < 4.78 is 13.0. The van der Waals surface area contributed by atoms with E-state index in [1.807, 2.05) is 23.9 Å². The van der Waals surface area contributed by atoms with E-state index < -0.39 is 0 Å². The average Bonchev–Trinajstić information content (AvgIpc) is 3.14. The van der Waals surface area contributed by atoms with Crippen LogP contribution in [0.4, 0.5) is 4.39 Å². The molecule has 1 unspecified atom stereocenters. The van der Waals surface area contributed by atoms with Gasteiger partial charge in [0.05, 0.1) is 5.92 Å². The SMILES string of the molecule is O=C(NCCSC1CCCC1)C1CCCN(Cc2ccc(F)cc2)C1. The van der Waals surface area contributed by atoms with Crippen molar-refractivity contribution in [3.05, 3.63) is 35.6 Å². The Morgan fingerprint density at radius 3 is 2.68 bits per heavy atom. The summed E-state index contributed by atoms with van der Waals surface area (Å²) in [4.78, 5) is 14.8. The number of halogens is 1. The molecule has 1 saturated heterocycles. The molecule has 1 amide bonds.